The summed E-state index contributed by atoms with van der Waals surface area (Å²) in [7, 11) is -2.28. The van der Waals surface area contributed by atoms with Gasteiger partial charge in [0.05, 0.1) is 18.6 Å². The molecule has 1 unspecified atom stereocenters. The molecule has 1 aliphatic heterocycles. The van der Waals surface area contributed by atoms with Crippen LogP contribution in [0.4, 0.5) is 0 Å². The molecule has 0 aliphatic carbocycles. The van der Waals surface area contributed by atoms with Crippen molar-refractivity contribution in [2.45, 2.75) is 30.7 Å². The van der Waals surface area contributed by atoms with Crippen LogP contribution in [0.1, 0.15) is 19.8 Å². The predicted molar refractivity (Wildman–Crippen MR) is 92.5 cm³/mol. The first-order valence-electron chi connectivity index (χ1n) is 8.29. The lowest BCUT2D eigenvalue weighted by Gasteiger charge is -2.33. The minimum Gasteiger partial charge on any atom is -0.497 e. The Balaban J connectivity index is 2.13. The summed E-state index contributed by atoms with van der Waals surface area (Å²) in [6.07, 6.45) is 1.76. The standard InChI is InChI=1S/C16H25N3O5S/c1-3-4-11-24-18-16(20)15-12-17-9-10-19(15)25(21,22)14-7-5-13(23-2)6-8-14/h5-8,15,17H,3-4,9-12H2,1-2H3,(H,18,20). The Morgan fingerprint density at radius 3 is 2.72 bits per heavy atom. The van der Waals surface area contributed by atoms with Gasteiger partial charge in [0.25, 0.3) is 5.91 Å². The average molecular weight is 371 g/mol. The third kappa shape index (κ3) is 4.91. The normalized spacial score (nSPS) is 18.7. The number of hydrogen-bond donors (Lipinski definition) is 2. The maximum atomic E-state index is 12.9. The van der Waals surface area contributed by atoms with Crippen LogP contribution in [-0.4, -0.2) is 58.0 Å². The van der Waals surface area contributed by atoms with Crippen LogP contribution in [0.25, 0.3) is 0 Å². The van der Waals surface area contributed by atoms with E-state index >= 15 is 0 Å². The van der Waals surface area contributed by atoms with E-state index in [-0.39, 0.29) is 18.0 Å². The molecule has 140 valence electrons. The summed E-state index contributed by atoms with van der Waals surface area (Å²) < 4.78 is 32.1. The van der Waals surface area contributed by atoms with Gasteiger partial charge in [-0.25, -0.2) is 13.9 Å². The second-order valence-corrected chi connectivity index (χ2v) is 7.57. The number of piperazine rings is 1. The summed E-state index contributed by atoms with van der Waals surface area (Å²) in [6.45, 7) is 3.34. The van der Waals surface area contributed by atoms with Crippen molar-refractivity contribution < 1.29 is 22.8 Å². The van der Waals surface area contributed by atoms with Gasteiger partial charge >= 0.3 is 0 Å². The van der Waals surface area contributed by atoms with Crippen LogP contribution in [0, 0.1) is 0 Å². The van der Waals surface area contributed by atoms with Crippen molar-refractivity contribution in [1.82, 2.24) is 15.1 Å². The van der Waals surface area contributed by atoms with Crippen molar-refractivity contribution in [3.63, 3.8) is 0 Å². The van der Waals surface area contributed by atoms with Gasteiger partial charge in [-0.1, -0.05) is 13.3 Å². The molecule has 0 aromatic heterocycles. The summed E-state index contributed by atoms with van der Waals surface area (Å²) in [6, 6.07) is 5.25. The van der Waals surface area contributed by atoms with Crippen LogP contribution in [0.2, 0.25) is 0 Å². The third-order valence-electron chi connectivity index (χ3n) is 3.94. The molecule has 1 fully saturated rings. The number of carbonyl (C=O) groups is 1. The Bertz CT molecular complexity index is 663. The second kappa shape index (κ2) is 9.14. The summed E-state index contributed by atoms with van der Waals surface area (Å²) in [5, 5.41) is 3.05. The molecule has 1 aromatic rings. The minimum atomic E-state index is -3.80. The van der Waals surface area contributed by atoms with Crippen LogP contribution >= 0.6 is 0 Å². The lowest BCUT2D eigenvalue weighted by Crippen LogP contribution is -2.59. The highest BCUT2D eigenvalue weighted by Crippen LogP contribution is 2.22. The number of unbranched alkanes of at least 4 members (excludes halogenated alkanes) is 1. The molecule has 1 amide bonds. The number of amides is 1. The van der Waals surface area contributed by atoms with E-state index < -0.39 is 22.0 Å². The highest BCUT2D eigenvalue weighted by atomic mass is 32.2. The van der Waals surface area contributed by atoms with Crippen LogP contribution < -0.4 is 15.5 Å². The summed E-state index contributed by atoms with van der Waals surface area (Å²) in [5.41, 5.74) is 2.35. The summed E-state index contributed by atoms with van der Waals surface area (Å²) in [5.74, 6) is 0.0956. The molecule has 0 bridgehead atoms. The number of hydrogen-bond acceptors (Lipinski definition) is 6. The Hall–Kier alpha value is -1.68. The van der Waals surface area contributed by atoms with E-state index in [2.05, 4.69) is 10.8 Å². The molecule has 8 nitrogen and oxygen atoms in total. The fourth-order valence-corrected chi connectivity index (χ4v) is 4.07. The molecular weight excluding hydrogens is 346 g/mol. The number of rotatable bonds is 8. The van der Waals surface area contributed by atoms with Gasteiger partial charge in [-0.2, -0.15) is 4.31 Å². The Labute approximate surface area is 148 Å². The van der Waals surface area contributed by atoms with E-state index in [9.17, 15) is 13.2 Å². The number of carbonyl (C=O) groups excluding carboxylic acids is 1. The number of sulfonamides is 1. The van der Waals surface area contributed by atoms with E-state index in [4.69, 9.17) is 9.57 Å². The van der Waals surface area contributed by atoms with Gasteiger partial charge in [0.1, 0.15) is 11.8 Å². The first kappa shape index (κ1) is 19.6. The quantitative estimate of drug-likeness (QED) is 0.510. The van der Waals surface area contributed by atoms with Crippen LogP contribution in [0.3, 0.4) is 0 Å². The van der Waals surface area contributed by atoms with E-state index in [1.54, 1.807) is 12.1 Å². The van der Waals surface area contributed by atoms with E-state index in [0.29, 0.717) is 18.9 Å². The fraction of sp³-hybridized carbons (Fsp3) is 0.562. The number of methoxy groups -OCH3 is 1. The minimum absolute atomic E-state index is 0.125. The van der Waals surface area contributed by atoms with Gasteiger partial charge in [0, 0.05) is 19.6 Å². The highest BCUT2D eigenvalue weighted by Gasteiger charge is 2.37. The molecule has 0 spiro atoms. The number of nitrogens with one attached hydrogen (secondary N) is 2. The van der Waals surface area contributed by atoms with Gasteiger partial charge in [0.2, 0.25) is 10.0 Å². The van der Waals surface area contributed by atoms with Gasteiger partial charge in [-0.15, -0.1) is 0 Å². The van der Waals surface area contributed by atoms with Gasteiger partial charge in [-0.05, 0) is 30.7 Å². The van der Waals surface area contributed by atoms with E-state index in [1.807, 2.05) is 6.92 Å². The molecular formula is C16H25N3O5S. The monoisotopic (exact) mass is 371 g/mol. The average Bonchev–Trinajstić information content (AvgIpc) is 2.65. The zero-order valence-electron chi connectivity index (χ0n) is 14.5. The molecule has 1 aromatic carbocycles. The van der Waals surface area contributed by atoms with Gasteiger partial charge in [-0.3, -0.25) is 9.63 Å². The second-order valence-electron chi connectivity index (χ2n) is 5.68. The van der Waals surface area contributed by atoms with Crippen molar-refractivity contribution >= 4 is 15.9 Å². The Kier molecular flexibility index (Phi) is 7.18. The van der Waals surface area contributed by atoms with E-state index in [1.165, 1.54) is 23.5 Å². The maximum Gasteiger partial charge on any atom is 0.263 e. The first-order valence-corrected chi connectivity index (χ1v) is 9.73. The molecule has 0 radical (unpaired) electrons. The smallest absolute Gasteiger partial charge is 0.263 e. The maximum absolute atomic E-state index is 12.9. The van der Waals surface area contributed by atoms with Crippen molar-refractivity contribution in [3.05, 3.63) is 24.3 Å². The number of hydroxylamine groups is 1. The zero-order chi connectivity index (χ0) is 18.3. The molecule has 2 rings (SSSR count). The van der Waals surface area contributed by atoms with Gasteiger partial charge < -0.3 is 10.1 Å². The Morgan fingerprint density at radius 2 is 2.08 bits per heavy atom. The zero-order valence-corrected chi connectivity index (χ0v) is 15.3. The SMILES string of the molecule is CCCCONC(=O)C1CNCCN1S(=O)(=O)c1ccc(OC)cc1. The number of nitrogens with zero attached hydrogens (tertiary/aromatic N) is 1. The summed E-state index contributed by atoms with van der Waals surface area (Å²) >= 11 is 0. The number of benzene rings is 1. The van der Waals surface area contributed by atoms with Crippen molar-refractivity contribution in [2.75, 3.05) is 33.4 Å². The third-order valence-corrected chi connectivity index (χ3v) is 5.86. The lowest BCUT2D eigenvalue weighted by molar-refractivity contribution is -0.138. The number of ether oxygens (including phenoxy) is 1. The van der Waals surface area contributed by atoms with Crippen LogP contribution in [-0.2, 0) is 19.7 Å². The predicted octanol–water partition coefficient (Wildman–Crippen LogP) is 0.506. The topological polar surface area (TPSA) is 97.0 Å². The molecule has 0 saturated carbocycles. The molecule has 25 heavy (non-hydrogen) atoms. The summed E-state index contributed by atoms with van der Waals surface area (Å²) in [4.78, 5) is 17.6. The van der Waals surface area contributed by atoms with Crippen molar-refractivity contribution in [2.24, 2.45) is 0 Å². The van der Waals surface area contributed by atoms with Crippen LogP contribution in [0.15, 0.2) is 29.2 Å². The highest BCUT2D eigenvalue weighted by molar-refractivity contribution is 7.89. The van der Waals surface area contributed by atoms with Gasteiger partial charge in [0.15, 0.2) is 0 Å². The molecule has 9 heteroatoms. The molecule has 1 heterocycles. The Morgan fingerprint density at radius 1 is 1.36 bits per heavy atom. The molecule has 2 N–H and O–H groups in total. The van der Waals surface area contributed by atoms with Crippen molar-refractivity contribution in [3.8, 4) is 5.75 Å². The molecule has 1 saturated heterocycles. The van der Waals surface area contributed by atoms with E-state index in [0.717, 1.165) is 12.8 Å². The van der Waals surface area contributed by atoms with Crippen LogP contribution in [0.5, 0.6) is 5.75 Å². The molecule has 1 atom stereocenters. The molecule has 1 aliphatic rings. The lowest BCUT2D eigenvalue weighted by atomic mass is 10.2. The first-order chi connectivity index (χ1) is 12.0. The fourth-order valence-electron chi connectivity index (χ4n) is 2.49. The largest absolute Gasteiger partial charge is 0.497 e. The van der Waals surface area contributed by atoms with Crippen molar-refractivity contribution in [1.29, 1.82) is 0 Å².